The lowest BCUT2D eigenvalue weighted by Crippen LogP contribution is -2.15. The third-order valence-corrected chi connectivity index (χ3v) is 3.30. The molecule has 1 aliphatic rings. The molecule has 0 fully saturated rings. The minimum absolute atomic E-state index is 0.559. The van der Waals surface area contributed by atoms with Gasteiger partial charge in [-0.1, -0.05) is 11.6 Å². The van der Waals surface area contributed by atoms with Crippen LogP contribution in [0.3, 0.4) is 0 Å². The summed E-state index contributed by atoms with van der Waals surface area (Å²) in [6, 6.07) is 3.64. The number of rotatable bonds is 3. The molecule has 0 radical (unpaired) electrons. The molecule has 0 aliphatic carbocycles. The van der Waals surface area contributed by atoms with Crippen LogP contribution in [0.4, 0.5) is 5.69 Å². The number of fused-ring (bicyclic) bond motifs is 1. The van der Waals surface area contributed by atoms with Gasteiger partial charge in [0, 0.05) is 31.6 Å². The van der Waals surface area contributed by atoms with Crippen LogP contribution in [-0.4, -0.2) is 22.8 Å². The number of aromatic nitrogens is 2. The van der Waals surface area contributed by atoms with Gasteiger partial charge in [0.15, 0.2) is 11.5 Å². The van der Waals surface area contributed by atoms with E-state index in [4.69, 9.17) is 21.1 Å². The van der Waals surface area contributed by atoms with Gasteiger partial charge in [0.2, 0.25) is 0 Å². The van der Waals surface area contributed by atoms with Crippen LogP contribution in [-0.2, 0) is 13.6 Å². The number of imidazole rings is 1. The Morgan fingerprint density at radius 2 is 2.05 bits per heavy atom. The zero-order valence-corrected chi connectivity index (χ0v) is 11.3. The Kier molecular flexibility index (Phi) is 3.21. The first-order valence-corrected chi connectivity index (χ1v) is 6.41. The van der Waals surface area contributed by atoms with Crippen molar-refractivity contribution in [2.75, 3.05) is 18.5 Å². The molecule has 0 bridgehead atoms. The number of halogens is 1. The molecule has 1 aromatic carbocycles. The molecule has 5 nitrogen and oxygen atoms in total. The van der Waals surface area contributed by atoms with Gasteiger partial charge < -0.3 is 19.4 Å². The molecule has 0 unspecified atom stereocenters. The molecule has 0 amide bonds. The molecule has 2 aromatic rings. The van der Waals surface area contributed by atoms with Crippen molar-refractivity contribution in [1.82, 2.24) is 9.55 Å². The average Bonchev–Trinajstić information content (AvgIpc) is 2.82. The summed E-state index contributed by atoms with van der Waals surface area (Å²) >= 11 is 6.22. The number of nitrogens with one attached hydrogen (secondary N) is 1. The maximum atomic E-state index is 6.22. The highest BCUT2D eigenvalue weighted by Gasteiger charge is 2.15. The molecule has 3 rings (SSSR count). The van der Waals surface area contributed by atoms with E-state index in [1.165, 1.54) is 0 Å². The second kappa shape index (κ2) is 5.01. The predicted octanol–water partition coefficient (Wildman–Crippen LogP) is 2.46. The van der Waals surface area contributed by atoms with E-state index >= 15 is 0 Å². The van der Waals surface area contributed by atoms with Gasteiger partial charge >= 0.3 is 0 Å². The fourth-order valence-electron chi connectivity index (χ4n) is 1.94. The molecule has 0 spiro atoms. The number of nitrogens with zero attached hydrogens (tertiary/aromatic N) is 2. The highest BCUT2D eigenvalue weighted by molar-refractivity contribution is 6.33. The highest BCUT2D eigenvalue weighted by atomic mass is 35.5. The topological polar surface area (TPSA) is 48.3 Å². The standard InChI is InChI=1S/C13H14ClN3O2/c1-17-3-2-15-13(17)8-16-10-7-12-11(6-9(10)14)18-4-5-19-12/h2-3,6-7,16H,4-5,8H2,1H3. The van der Waals surface area contributed by atoms with Gasteiger partial charge in [0.25, 0.3) is 0 Å². The lowest BCUT2D eigenvalue weighted by Gasteiger charge is -2.20. The van der Waals surface area contributed by atoms with E-state index in [2.05, 4.69) is 10.3 Å². The maximum absolute atomic E-state index is 6.22. The summed E-state index contributed by atoms with van der Waals surface area (Å²) in [6.45, 7) is 1.72. The first-order valence-electron chi connectivity index (χ1n) is 6.03. The Morgan fingerprint density at radius 1 is 1.32 bits per heavy atom. The van der Waals surface area contributed by atoms with Crippen molar-refractivity contribution in [2.24, 2.45) is 7.05 Å². The van der Waals surface area contributed by atoms with Crippen molar-refractivity contribution >= 4 is 17.3 Å². The largest absolute Gasteiger partial charge is 0.486 e. The van der Waals surface area contributed by atoms with Gasteiger partial charge in [-0.05, 0) is 0 Å². The van der Waals surface area contributed by atoms with Gasteiger partial charge in [0.1, 0.15) is 19.0 Å². The number of hydrogen-bond donors (Lipinski definition) is 1. The lowest BCUT2D eigenvalue weighted by atomic mass is 10.2. The van der Waals surface area contributed by atoms with E-state index in [0.717, 1.165) is 17.3 Å². The average molecular weight is 280 g/mol. The van der Waals surface area contributed by atoms with Gasteiger partial charge in [-0.3, -0.25) is 0 Å². The minimum atomic E-state index is 0.559. The number of anilines is 1. The Morgan fingerprint density at radius 3 is 2.74 bits per heavy atom. The molecule has 0 saturated carbocycles. The van der Waals surface area contributed by atoms with Crippen molar-refractivity contribution in [2.45, 2.75) is 6.54 Å². The number of aryl methyl sites for hydroxylation is 1. The fraction of sp³-hybridized carbons (Fsp3) is 0.308. The Hall–Kier alpha value is -1.88. The third-order valence-electron chi connectivity index (χ3n) is 2.99. The summed E-state index contributed by atoms with van der Waals surface area (Å²) in [6.07, 6.45) is 3.67. The van der Waals surface area contributed by atoms with Crippen molar-refractivity contribution < 1.29 is 9.47 Å². The van der Waals surface area contributed by atoms with Crippen LogP contribution >= 0.6 is 11.6 Å². The van der Waals surface area contributed by atoms with Gasteiger partial charge in [-0.2, -0.15) is 0 Å². The molecule has 1 aliphatic heterocycles. The van der Waals surface area contributed by atoms with E-state index in [-0.39, 0.29) is 0 Å². The molecule has 0 atom stereocenters. The van der Waals surface area contributed by atoms with Crippen LogP contribution < -0.4 is 14.8 Å². The summed E-state index contributed by atoms with van der Waals surface area (Å²) in [5, 5.41) is 3.87. The van der Waals surface area contributed by atoms with Crippen molar-refractivity contribution in [3.8, 4) is 11.5 Å². The van der Waals surface area contributed by atoms with E-state index in [1.54, 1.807) is 12.3 Å². The molecule has 1 N–H and O–H groups in total. The summed E-state index contributed by atoms with van der Waals surface area (Å²) in [5.74, 6) is 2.35. The predicted molar refractivity (Wildman–Crippen MR) is 73.0 cm³/mol. The summed E-state index contributed by atoms with van der Waals surface area (Å²) in [5.41, 5.74) is 0.814. The number of hydrogen-bond acceptors (Lipinski definition) is 4. The molecule has 6 heteroatoms. The molecule has 1 aromatic heterocycles. The van der Waals surface area contributed by atoms with E-state index in [0.29, 0.717) is 30.5 Å². The summed E-state index contributed by atoms with van der Waals surface area (Å²) < 4.78 is 13.0. The lowest BCUT2D eigenvalue weighted by molar-refractivity contribution is 0.171. The van der Waals surface area contributed by atoms with Crippen molar-refractivity contribution in [3.63, 3.8) is 0 Å². The molecular weight excluding hydrogens is 266 g/mol. The van der Waals surface area contributed by atoms with Gasteiger partial charge in [0.05, 0.1) is 17.3 Å². The number of benzene rings is 1. The number of ether oxygens (including phenoxy) is 2. The Labute approximate surface area is 116 Å². The normalized spacial score (nSPS) is 13.4. The van der Waals surface area contributed by atoms with Crippen molar-refractivity contribution in [3.05, 3.63) is 35.4 Å². The smallest absolute Gasteiger partial charge is 0.163 e. The van der Waals surface area contributed by atoms with Crippen LogP contribution in [0.25, 0.3) is 0 Å². The highest BCUT2D eigenvalue weighted by Crippen LogP contribution is 2.38. The van der Waals surface area contributed by atoms with E-state index in [1.807, 2.05) is 23.9 Å². The second-order valence-corrected chi connectivity index (χ2v) is 4.69. The van der Waals surface area contributed by atoms with Gasteiger partial charge in [-0.15, -0.1) is 0 Å². The Bertz CT molecular complexity index is 598. The summed E-state index contributed by atoms with van der Waals surface area (Å²) in [7, 11) is 1.95. The van der Waals surface area contributed by atoms with Crippen LogP contribution in [0.1, 0.15) is 5.82 Å². The van der Waals surface area contributed by atoms with E-state index < -0.39 is 0 Å². The van der Waals surface area contributed by atoms with Crippen LogP contribution in [0.2, 0.25) is 5.02 Å². The zero-order chi connectivity index (χ0) is 13.2. The molecule has 0 saturated heterocycles. The van der Waals surface area contributed by atoms with Crippen LogP contribution in [0.15, 0.2) is 24.5 Å². The summed E-state index contributed by atoms with van der Waals surface area (Å²) in [4.78, 5) is 4.25. The van der Waals surface area contributed by atoms with Gasteiger partial charge in [-0.25, -0.2) is 4.98 Å². The van der Waals surface area contributed by atoms with E-state index in [9.17, 15) is 0 Å². The molecular formula is C13H14ClN3O2. The molecule has 19 heavy (non-hydrogen) atoms. The minimum Gasteiger partial charge on any atom is -0.486 e. The monoisotopic (exact) mass is 279 g/mol. The van der Waals surface area contributed by atoms with Crippen LogP contribution in [0.5, 0.6) is 11.5 Å². The fourth-order valence-corrected chi connectivity index (χ4v) is 2.16. The third kappa shape index (κ3) is 2.46. The molecule has 100 valence electrons. The maximum Gasteiger partial charge on any atom is 0.163 e. The second-order valence-electron chi connectivity index (χ2n) is 4.28. The quantitative estimate of drug-likeness (QED) is 0.938. The van der Waals surface area contributed by atoms with Crippen molar-refractivity contribution in [1.29, 1.82) is 0 Å². The zero-order valence-electron chi connectivity index (χ0n) is 10.5. The SMILES string of the molecule is Cn1ccnc1CNc1cc2c(cc1Cl)OCCO2. The first-order chi connectivity index (χ1) is 9.24. The first kappa shape index (κ1) is 12.2. The Balaban J connectivity index is 1.79. The van der Waals surface area contributed by atoms with Crippen LogP contribution in [0, 0.1) is 0 Å². The molecule has 2 heterocycles.